The van der Waals surface area contributed by atoms with Crippen LogP contribution in [0.5, 0.6) is 5.75 Å². The maximum absolute atomic E-state index is 11.9. The van der Waals surface area contributed by atoms with Gasteiger partial charge in [0.05, 0.1) is 0 Å². The van der Waals surface area contributed by atoms with Gasteiger partial charge in [0.2, 0.25) is 0 Å². The molecule has 1 aromatic carbocycles. The van der Waals surface area contributed by atoms with Gasteiger partial charge in [-0.25, -0.2) is 4.79 Å². The van der Waals surface area contributed by atoms with E-state index >= 15 is 0 Å². The van der Waals surface area contributed by atoms with Gasteiger partial charge in [0.25, 0.3) is 0 Å². The molecule has 0 fully saturated rings. The summed E-state index contributed by atoms with van der Waals surface area (Å²) < 4.78 is 5.63. The zero-order chi connectivity index (χ0) is 33.3. The van der Waals surface area contributed by atoms with Crippen molar-refractivity contribution in [2.75, 3.05) is 0 Å². The molecule has 46 heavy (non-hydrogen) atoms. The SMILES string of the molecule is CCCCCCCCCCCCc1ccc(OC(N)=O)c(CCCCCCCCCCCC)c1CCCCCCCCCCCC. The third kappa shape index (κ3) is 23.8. The Morgan fingerprint density at radius 2 is 0.739 bits per heavy atom. The predicted octanol–water partition coefficient (Wildman–Crippen LogP) is 14.5. The van der Waals surface area contributed by atoms with Crippen molar-refractivity contribution in [1.29, 1.82) is 0 Å². The van der Waals surface area contributed by atoms with Crippen molar-refractivity contribution in [2.24, 2.45) is 5.73 Å². The van der Waals surface area contributed by atoms with Crippen LogP contribution < -0.4 is 10.5 Å². The number of rotatable bonds is 34. The molecule has 0 saturated heterocycles. The Morgan fingerprint density at radius 3 is 1.09 bits per heavy atom. The van der Waals surface area contributed by atoms with Crippen molar-refractivity contribution in [2.45, 2.75) is 233 Å². The molecule has 1 amide bonds. The Balaban J connectivity index is 2.71. The minimum Gasteiger partial charge on any atom is -0.410 e. The first kappa shape index (κ1) is 42.5. The van der Waals surface area contributed by atoms with Crippen molar-refractivity contribution < 1.29 is 9.53 Å². The van der Waals surface area contributed by atoms with Crippen molar-refractivity contribution in [1.82, 2.24) is 0 Å². The van der Waals surface area contributed by atoms with Gasteiger partial charge in [-0.3, -0.25) is 0 Å². The molecule has 0 heterocycles. The molecule has 268 valence electrons. The molecule has 3 heteroatoms. The molecule has 2 N–H and O–H groups in total. The quantitative estimate of drug-likeness (QED) is 0.0761. The van der Waals surface area contributed by atoms with E-state index in [1.165, 1.54) is 203 Å². The summed E-state index contributed by atoms with van der Waals surface area (Å²) in [7, 11) is 0. The Bertz CT molecular complexity index is 819. The molecule has 0 aromatic heterocycles. The minimum atomic E-state index is -0.684. The lowest BCUT2D eigenvalue weighted by Gasteiger charge is -2.19. The van der Waals surface area contributed by atoms with Crippen LogP contribution in [0.4, 0.5) is 4.79 Å². The lowest BCUT2D eigenvalue weighted by atomic mass is 9.89. The number of unbranched alkanes of at least 4 members (excludes halogenated alkanes) is 27. The summed E-state index contributed by atoms with van der Waals surface area (Å²) in [5, 5.41) is 0. The van der Waals surface area contributed by atoms with E-state index in [2.05, 4.69) is 26.8 Å². The molecular formula is C43H79NO2. The maximum Gasteiger partial charge on any atom is 0.409 e. The Hall–Kier alpha value is -1.51. The Kier molecular flexibility index (Phi) is 29.6. The van der Waals surface area contributed by atoms with Crippen LogP contribution >= 0.6 is 0 Å². The van der Waals surface area contributed by atoms with Crippen molar-refractivity contribution in [3.8, 4) is 5.75 Å². The zero-order valence-corrected chi connectivity index (χ0v) is 31.4. The van der Waals surface area contributed by atoms with Crippen LogP contribution in [0.1, 0.15) is 230 Å². The number of nitrogens with two attached hydrogens (primary N) is 1. The molecule has 1 rings (SSSR count). The first-order valence-electron chi connectivity index (χ1n) is 20.7. The van der Waals surface area contributed by atoms with Gasteiger partial charge in [-0.2, -0.15) is 0 Å². The molecule has 0 aliphatic carbocycles. The largest absolute Gasteiger partial charge is 0.410 e. The summed E-state index contributed by atoms with van der Waals surface area (Å²) in [5.41, 5.74) is 9.80. The van der Waals surface area contributed by atoms with Crippen molar-refractivity contribution in [3.63, 3.8) is 0 Å². The smallest absolute Gasteiger partial charge is 0.409 e. The van der Waals surface area contributed by atoms with Crippen LogP contribution in [0.25, 0.3) is 0 Å². The van der Waals surface area contributed by atoms with Gasteiger partial charge in [-0.1, -0.05) is 200 Å². The summed E-state index contributed by atoms with van der Waals surface area (Å²) in [6.45, 7) is 6.87. The fourth-order valence-corrected chi connectivity index (χ4v) is 7.13. The van der Waals surface area contributed by atoms with E-state index < -0.39 is 6.09 Å². The predicted molar refractivity (Wildman–Crippen MR) is 203 cm³/mol. The van der Waals surface area contributed by atoms with Gasteiger partial charge < -0.3 is 10.5 Å². The third-order valence-corrected chi connectivity index (χ3v) is 10.1. The van der Waals surface area contributed by atoms with E-state index in [4.69, 9.17) is 10.5 Å². The standard InChI is InChI=1S/C43H79NO2/c1-4-7-10-13-16-19-22-25-28-31-34-39-37-38-42(46-43(44)45)41(36-33-30-27-24-21-18-15-12-9-6-3)40(39)35-32-29-26-23-20-17-14-11-8-5-2/h37-38H,4-36H2,1-3H3,(H2,44,45). The van der Waals surface area contributed by atoms with Crippen molar-refractivity contribution in [3.05, 3.63) is 28.8 Å². The lowest BCUT2D eigenvalue weighted by Crippen LogP contribution is -2.18. The van der Waals surface area contributed by atoms with Gasteiger partial charge in [0.15, 0.2) is 0 Å². The monoisotopic (exact) mass is 642 g/mol. The molecular weight excluding hydrogens is 562 g/mol. The second-order valence-corrected chi connectivity index (χ2v) is 14.4. The normalized spacial score (nSPS) is 11.4. The highest BCUT2D eigenvalue weighted by molar-refractivity contribution is 5.69. The van der Waals surface area contributed by atoms with Crippen LogP contribution in [0.2, 0.25) is 0 Å². The maximum atomic E-state index is 11.9. The number of hydrogen-bond donors (Lipinski definition) is 1. The number of carbonyl (C=O) groups is 1. The molecule has 1 aromatic rings. The number of benzene rings is 1. The number of hydrogen-bond acceptors (Lipinski definition) is 2. The average molecular weight is 642 g/mol. The van der Waals surface area contributed by atoms with E-state index in [9.17, 15) is 4.79 Å². The Morgan fingerprint density at radius 1 is 0.435 bits per heavy atom. The average Bonchev–Trinajstić information content (AvgIpc) is 3.04. The highest BCUT2D eigenvalue weighted by atomic mass is 16.5. The van der Waals surface area contributed by atoms with Crippen LogP contribution in [-0.2, 0) is 19.3 Å². The molecule has 0 saturated carbocycles. The van der Waals surface area contributed by atoms with Crippen LogP contribution in [0.15, 0.2) is 12.1 Å². The molecule has 0 atom stereocenters. The van der Waals surface area contributed by atoms with Gasteiger partial charge >= 0.3 is 6.09 Å². The van der Waals surface area contributed by atoms with Gasteiger partial charge in [-0.05, 0) is 61.3 Å². The highest BCUT2D eigenvalue weighted by Gasteiger charge is 2.16. The molecule has 0 radical (unpaired) electrons. The third-order valence-electron chi connectivity index (χ3n) is 10.1. The second-order valence-electron chi connectivity index (χ2n) is 14.4. The van der Waals surface area contributed by atoms with Crippen LogP contribution in [-0.4, -0.2) is 6.09 Å². The summed E-state index contributed by atoms with van der Waals surface area (Å²) in [6.07, 6.45) is 43.1. The van der Waals surface area contributed by atoms with E-state index in [1.54, 1.807) is 0 Å². The molecule has 0 spiro atoms. The molecule has 0 bridgehead atoms. The van der Waals surface area contributed by atoms with E-state index in [0.717, 1.165) is 31.4 Å². The minimum absolute atomic E-state index is 0.684. The number of ether oxygens (including phenoxy) is 1. The van der Waals surface area contributed by atoms with Crippen molar-refractivity contribution >= 4 is 6.09 Å². The topological polar surface area (TPSA) is 52.3 Å². The molecule has 0 aliphatic heterocycles. The number of primary amides is 1. The van der Waals surface area contributed by atoms with Gasteiger partial charge in [0.1, 0.15) is 5.75 Å². The fourth-order valence-electron chi connectivity index (χ4n) is 7.13. The Labute approximate surface area is 288 Å². The van der Waals surface area contributed by atoms with E-state index in [-0.39, 0.29) is 0 Å². The van der Waals surface area contributed by atoms with Gasteiger partial charge in [-0.15, -0.1) is 0 Å². The van der Waals surface area contributed by atoms with Crippen LogP contribution in [0, 0.1) is 0 Å². The summed E-state index contributed by atoms with van der Waals surface area (Å²) in [4.78, 5) is 11.9. The summed E-state index contributed by atoms with van der Waals surface area (Å²) in [6, 6.07) is 4.30. The first-order chi connectivity index (χ1) is 22.6. The number of aryl methyl sites for hydroxylation is 1. The molecule has 0 unspecified atom stereocenters. The molecule has 3 nitrogen and oxygen atoms in total. The fraction of sp³-hybridized carbons (Fsp3) is 0.837. The second kappa shape index (κ2) is 32.1. The number of amides is 1. The van der Waals surface area contributed by atoms with E-state index in [0.29, 0.717) is 0 Å². The van der Waals surface area contributed by atoms with E-state index in [1.807, 2.05) is 6.07 Å². The number of carbonyl (C=O) groups excluding carboxylic acids is 1. The summed E-state index contributed by atoms with van der Waals surface area (Å²) in [5.74, 6) is 0.720. The van der Waals surface area contributed by atoms with Gasteiger partial charge in [0, 0.05) is 0 Å². The lowest BCUT2D eigenvalue weighted by molar-refractivity contribution is 0.210. The molecule has 0 aliphatic rings. The summed E-state index contributed by atoms with van der Waals surface area (Å²) >= 11 is 0. The zero-order valence-electron chi connectivity index (χ0n) is 31.4. The first-order valence-corrected chi connectivity index (χ1v) is 20.7. The highest BCUT2D eigenvalue weighted by Crippen LogP contribution is 2.31. The van der Waals surface area contributed by atoms with Crippen LogP contribution in [0.3, 0.4) is 0 Å².